The van der Waals surface area contributed by atoms with E-state index in [1.807, 2.05) is 0 Å². The Morgan fingerprint density at radius 1 is 1.39 bits per heavy atom. The fourth-order valence-electron chi connectivity index (χ4n) is 2.49. The van der Waals surface area contributed by atoms with Gasteiger partial charge >= 0.3 is 6.09 Å². The summed E-state index contributed by atoms with van der Waals surface area (Å²) in [6, 6.07) is 1.79. The van der Waals surface area contributed by atoms with Crippen LogP contribution in [-0.2, 0) is 9.47 Å². The van der Waals surface area contributed by atoms with Crippen molar-refractivity contribution in [2.75, 3.05) is 19.8 Å². The minimum absolute atomic E-state index is 0.0915. The molecule has 2 rings (SSSR count). The monoisotopic (exact) mass is 328 g/mol. The number of hydrogen-bond donors (Lipinski definition) is 1. The number of carbonyl (C=O) groups is 1. The highest BCUT2D eigenvalue weighted by Gasteiger charge is 2.37. The van der Waals surface area contributed by atoms with Crippen molar-refractivity contribution < 1.29 is 23.0 Å². The summed E-state index contributed by atoms with van der Waals surface area (Å²) in [7, 11) is 0. The maximum Gasteiger partial charge on any atom is 0.410 e. The van der Waals surface area contributed by atoms with Gasteiger partial charge < -0.3 is 15.2 Å². The van der Waals surface area contributed by atoms with Crippen molar-refractivity contribution in [3.63, 3.8) is 0 Å². The molecule has 0 aliphatic carbocycles. The first-order valence-electron chi connectivity index (χ1n) is 7.47. The normalized spacial score (nSPS) is 20.3. The number of amides is 1. The summed E-state index contributed by atoms with van der Waals surface area (Å²) in [5.74, 6) is -1.49. The van der Waals surface area contributed by atoms with E-state index < -0.39 is 35.4 Å². The number of benzene rings is 1. The Labute approximate surface area is 134 Å². The Hall–Kier alpha value is -1.73. The molecule has 2 unspecified atom stereocenters. The molecule has 7 heteroatoms. The van der Waals surface area contributed by atoms with Gasteiger partial charge in [-0.25, -0.2) is 13.6 Å². The number of halogens is 2. The molecule has 0 bridgehead atoms. The first kappa shape index (κ1) is 17.6. The minimum atomic E-state index is -1.05. The van der Waals surface area contributed by atoms with Gasteiger partial charge in [0.2, 0.25) is 0 Å². The molecule has 23 heavy (non-hydrogen) atoms. The Morgan fingerprint density at radius 3 is 2.57 bits per heavy atom. The second kappa shape index (κ2) is 6.80. The lowest BCUT2D eigenvalue weighted by Crippen LogP contribution is -2.54. The number of carbonyl (C=O) groups excluding carboxylic acids is 1. The third-order valence-corrected chi connectivity index (χ3v) is 3.54. The number of morpholine rings is 1. The summed E-state index contributed by atoms with van der Waals surface area (Å²) < 4.78 is 38.6. The van der Waals surface area contributed by atoms with Crippen molar-refractivity contribution in [2.45, 2.75) is 38.5 Å². The molecule has 1 aromatic carbocycles. The van der Waals surface area contributed by atoms with Crippen molar-refractivity contribution in [1.82, 2.24) is 4.90 Å². The summed E-state index contributed by atoms with van der Waals surface area (Å²) in [6.45, 7) is 5.91. The molecule has 1 aromatic rings. The maximum absolute atomic E-state index is 14.0. The van der Waals surface area contributed by atoms with Crippen molar-refractivity contribution in [1.29, 1.82) is 0 Å². The van der Waals surface area contributed by atoms with Gasteiger partial charge in [0.05, 0.1) is 25.3 Å². The van der Waals surface area contributed by atoms with Gasteiger partial charge in [0.1, 0.15) is 17.2 Å². The average Bonchev–Trinajstić information content (AvgIpc) is 2.45. The van der Waals surface area contributed by atoms with E-state index in [-0.39, 0.29) is 18.7 Å². The Balaban J connectivity index is 2.25. The molecule has 1 aliphatic rings. The first-order valence-corrected chi connectivity index (χ1v) is 7.47. The average molecular weight is 328 g/mol. The predicted octanol–water partition coefficient (Wildman–Crippen LogP) is 2.60. The lowest BCUT2D eigenvalue weighted by atomic mass is 9.97. The van der Waals surface area contributed by atoms with Crippen LogP contribution in [0, 0.1) is 11.6 Å². The highest BCUT2D eigenvalue weighted by Crippen LogP contribution is 2.27. The van der Waals surface area contributed by atoms with Crippen LogP contribution in [0.2, 0.25) is 0 Å². The zero-order valence-corrected chi connectivity index (χ0v) is 13.5. The van der Waals surface area contributed by atoms with E-state index >= 15 is 0 Å². The van der Waals surface area contributed by atoms with Gasteiger partial charge in [-0.2, -0.15) is 0 Å². The molecule has 0 radical (unpaired) electrons. The lowest BCUT2D eigenvalue weighted by molar-refractivity contribution is -0.0386. The molecule has 0 saturated carbocycles. The van der Waals surface area contributed by atoms with Crippen molar-refractivity contribution in [3.05, 3.63) is 35.4 Å². The highest BCUT2D eigenvalue weighted by molar-refractivity contribution is 5.69. The summed E-state index contributed by atoms with van der Waals surface area (Å²) in [4.78, 5) is 13.7. The van der Waals surface area contributed by atoms with Crippen molar-refractivity contribution >= 4 is 6.09 Å². The molecular formula is C16H22F2N2O3. The van der Waals surface area contributed by atoms with E-state index in [0.29, 0.717) is 6.61 Å². The van der Waals surface area contributed by atoms with Gasteiger partial charge in [-0.1, -0.05) is 6.07 Å². The van der Waals surface area contributed by atoms with Crippen LogP contribution in [0.15, 0.2) is 18.2 Å². The minimum Gasteiger partial charge on any atom is -0.444 e. The van der Waals surface area contributed by atoms with E-state index in [4.69, 9.17) is 15.2 Å². The van der Waals surface area contributed by atoms with Crippen molar-refractivity contribution in [2.24, 2.45) is 5.73 Å². The molecule has 1 saturated heterocycles. The van der Waals surface area contributed by atoms with Gasteiger partial charge in [-0.3, -0.25) is 4.90 Å². The molecule has 0 spiro atoms. The topological polar surface area (TPSA) is 64.8 Å². The second-order valence-corrected chi connectivity index (χ2v) is 6.48. The summed E-state index contributed by atoms with van der Waals surface area (Å²) in [5.41, 5.74) is 5.13. The van der Waals surface area contributed by atoms with Gasteiger partial charge in [0.15, 0.2) is 0 Å². The molecule has 1 heterocycles. The first-order chi connectivity index (χ1) is 10.7. The number of hydrogen-bond acceptors (Lipinski definition) is 4. The summed E-state index contributed by atoms with van der Waals surface area (Å²) >= 11 is 0. The summed E-state index contributed by atoms with van der Waals surface area (Å²) in [6.07, 6.45) is -0.571. The zero-order chi connectivity index (χ0) is 17.2. The van der Waals surface area contributed by atoms with E-state index in [0.717, 1.165) is 12.1 Å². The third-order valence-electron chi connectivity index (χ3n) is 3.54. The molecule has 128 valence electrons. The SMILES string of the molecule is CC(C)(C)OC(=O)N1CCOCC1C(N)c1c(F)cccc1F. The van der Waals surface area contributed by atoms with Crippen LogP contribution in [0.1, 0.15) is 32.4 Å². The fourth-order valence-corrected chi connectivity index (χ4v) is 2.49. The van der Waals surface area contributed by atoms with E-state index in [2.05, 4.69) is 0 Å². The second-order valence-electron chi connectivity index (χ2n) is 6.48. The smallest absolute Gasteiger partial charge is 0.410 e. The van der Waals surface area contributed by atoms with Gasteiger partial charge in [-0.15, -0.1) is 0 Å². The summed E-state index contributed by atoms with van der Waals surface area (Å²) in [5, 5.41) is 0. The van der Waals surface area contributed by atoms with E-state index in [1.54, 1.807) is 20.8 Å². The number of rotatable bonds is 2. The Morgan fingerprint density at radius 2 is 2.00 bits per heavy atom. The number of nitrogens with zero attached hydrogens (tertiary/aromatic N) is 1. The lowest BCUT2D eigenvalue weighted by Gasteiger charge is -2.39. The number of ether oxygens (including phenoxy) is 2. The van der Waals surface area contributed by atoms with Crippen LogP contribution in [0.5, 0.6) is 0 Å². The molecule has 5 nitrogen and oxygen atoms in total. The van der Waals surface area contributed by atoms with Crippen LogP contribution < -0.4 is 5.73 Å². The number of nitrogens with two attached hydrogens (primary N) is 1. The molecular weight excluding hydrogens is 306 g/mol. The van der Waals surface area contributed by atoms with Crippen LogP contribution in [0.4, 0.5) is 13.6 Å². The zero-order valence-electron chi connectivity index (χ0n) is 13.5. The van der Waals surface area contributed by atoms with Gasteiger partial charge in [0, 0.05) is 12.1 Å². The third kappa shape index (κ3) is 4.17. The fraction of sp³-hybridized carbons (Fsp3) is 0.562. The van der Waals surface area contributed by atoms with Gasteiger partial charge in [0.25, 0.3) is 0 Å². The standard InChI is InChI=1S/C16H22F2N2O3/c1-16(2,3)23-15(21)20-7-8-22-9-12(20)14(19)13-10(17)5-4-6-11(13)18/h4-6,12,14H,7-9,19H2,1-3H3. The molecule has 1 fully saturated rings. The molecule has 0 aromatic heterocycles. The molecule has 2 N–H and O–H groups in total. The molecule has 1 amide bonds. The molecule has 1 aliphatic heterocycles. The van der Waals surface area contributed by atoms with E-state index in [9.17, 15) is 13.6 Å². The predicted molar refractivity (Wildman–Crippen MR) is 80.8 cm³/mol. The van der Waals surface area contributed by atoms with Crippen LogP contribution in [0.25, 0.3) is 0 Å². The quantitative estimate of drug-likeness (QED) is 0.906. The Kier molecular flexibility index (Phi) is 5.21. The van der Waals surface area contributed by atoms with E-state index in [1.165, 1.54) is 11.0 Å². The molecule has 2 atom stereocenters. The largest absolute Gasteiger partial charge is 0.444 e. The van der Waals surface area contributed by atoms with Gasteiger partial charge in [-0.05, 0) is 32.9 Å². The highest BCUT2D eigenvalue weighted by atomic mass is 19.1. The maximum atomic E-state index is 14.0. The van der Waals surface area contributed by atoms with Crippen LogP contribution in [-0.4, -0.2) is 42.4 Å². The van der Waals surface area contributed by atoms with Crippen molar-refractivity contribution in [3.8, 4) is 0 Å². The van der Waals surface area contributed by atoms with Crippen LogP contribution >= 0.6 is 0 Å². The van der Waals surface area contributed by atoms with Crippen LogP contribution in [0.3, 0.4) is 0 Å². The Bertz CT molecular complexity index is 555.